The van der Waals surface area contributed by atoms with Crippen molar-refractivity contribution >= 4 is 5.91 Å². The first kappa shape index (κ1) is 13.3. The SMILES string of the molecule is CNC(=O)CCCn1cc(-c2ccc(F)cc2)cn1. The number of amides is 1. The molecule has 1 N–H and O–H groups in total. The first-order valence-corrected chi connectivity index (χ1v) is 6.18. The molecule has 0 aliphatic carbocycles. The van der Waals surface area contributed by atoms with E-state index in [2.05, 4.69) is 10.4 Å². The molecule has 0 atom stereocenters. The molecule has 5 heteroatoms. The van der Waals surface area contributed by atoms with E-state index in [0.717, 1.165) is 17.5 Å². The normalized spacial score (nSPS) is 10.4. The van der Waals surface area contributed by atoms with Crippen LogP contribution in [0.2, 0.25) is 0 Å². The smallest absolute Gasteiger partial charge is 0.219 e. The number of nitrogens with zero attached hydrogens (tertiary/aromatic N) is 2. The summed E-state index contributed by atoms with van der Waals surface area (Å²) in [5.41, 5.74) is 1.87. The second kappa shape index (κ2) is 6.13. The molecule has 0 saturated heterocycles. The number of hydrogen-bond acceptors (Lipinski definition) is 2. The molecule has 1 amide bonds. The third-order valence-electron chi connectivity index (χ3n) is 2.88. The van der Waals surface area contributed by atoms with Crippen LogP contribution in [0.25, 0.3) is 11.1 Å². The number of rotatable bonds is 5. The molecule has 2 rings (SSSR count). The summed E-state index contributed by atoms with van der Waals surface area (Å²) in [7, 11) is 1.63. The third kappa shape index (κ3) is 3.64. The van der Waals surface area contributed by atoms with Crippen LogP contribution in [-0.2, 0) is 11.3 Å². The molecule has 0 unspecified atom stereocenters. The van der Waals surface area contributed by atoms with Gasteiger partial charge in [0.2, 0.25) is 5.91 Å². The van der Waals surface area contributed by atoms with Crippen molar-refractivity contribution in [1.29, 1.82) is 0 Å². The minimum Gasteiger partial charge on any atom is -0.359 e. The first-order valence-electron chi connectivity index (χ1n) is 6.18. The van der Waals surface area contributed by atoms with Crippen molar-refractivity contribution in [2.45, 2.75) is 19.4 Å². The molecule has 1 aromatic heterocycles. The first-order chi connectivity index (χ1) is 9.19. The highest BCUT2D eigenvalue weighted by Crippen LogP contribution is 2.18. The van der Waals surface area contributed by atoms with Gasteiger partial charge in [0.1, 0.15) is 5.82 Å². The minimum absolute atomic E-state index is 0.0333. The van der Waals surface area contributed by atoms with E-state index >= 15 is 0 Å². The van der Waals surface area contributed by atoms with E-state index in [9.17, 15) is 9.18 Å². The summed E-state index contributed by atoms with van der Waals surface area (Å²) in [6.07, 6.45) is 4.87. The zero-order chi connectivity index (χ0) is 13.7. The van der Waals surface area contributed by atoms with Crippen LogP contribution >= 0.6 is 0 Å². The Morgan fingerprint density at radius 2 is 2.05 bits per heavy atom. The van der Waals surface area contributed by atoms with E-state index in [1.54, 1.807) is 30.1 Å². The lowest BCUT2D eigenvalue weighted by molar-refractivity contribution is -0.120. The van der Waals surface area contributed by atoms with Crippen LogP contribution in [0.4, 0.5) is 4.39 Å². The van der Waals surface area contributed by atoms with Gasteiger partial charge in [0, 0.05) is 31.8 Å². The molecule has 0 radical (unpaired) electrons. The van der Waals surface area contributed by atoms with Crippen LogP contribution in [0.15, 0.2) is 36.7 Å². The number of aryl methyl sites for hydroxylation is 1. The van der Waals surface area contributed by atoms with Crippen LogP contribution < -0.4 is 5.32 Å². The van der Waals surface area contributed by atoms with E-state index in [-0.39, 0.29) is 11.7 Å². The molecule has 19 heavy (non-hydrogen) atoms. The summed E-state index contributed by atoms with van der Waals surface area (Å²) in [6.45, 7) is 0.689. The molecule has 1 aromatic carbocycles. The van der Waals surface area contributed by atoms with Crippen LogP contribution in [0.3, 0.4) is 0 Å². The maximum absolute atomic E-state index is 12.8. The van der Waals surface area contributed by atoms with Gasteiger partial charge in [-0.3, -0.25) is 9.48 Å². The van der Waals surface area contributed by atoms with Gasteiger partial charge in [0.05, 0.1) is 6.20 Å². The van der Waals surface area contributed by atoms with E-state index in [1.807, 2.05) is 6.20 Å². The summed E-state index contributed by atoms with van der Waals surface area (Å²) in [5, 5.41) is 6.81. The van der Waals surface area contributed by atoms with Gasteiger partial charge >= 0.3 is 0 Å². The van der Waals surface area contributed by atoms with Crippen molar-refractivity contribution in [3.8, 4) is 11.1 Å². The number of carbonyl (C=O) groups is 1. The van der Waals surface area contributed by atoms with Gasteiger partial charge in [-0.2, -0.15) is 5.10 Å². The fourth-order valence-electron chi connectivity index (χ4n) is 1.80. The Balaban J connectivity index is 1.95. The van der Waals surface area contributed by atoms with Gasteiger partial charge in [0.15, 0.2) is 0 Å². The highest BCUT2D eigenvalue weighted by Gasteiger charge is 2.03. The maximum atomic E-state index is 12.8. The lowest BCUT2D eigenvalue weighted by atomic mass is 10.1. The van der Waals surface area contributed by atoms with E-state index < -0.39 is 0 Å². The number of nitrogens with one attached hydrogen (secondary N) is 1. The zero-order valence-corrected chi connectivity index (χ0v) is 10.8. The number of benzene rings is 1. The Labute approximate surface area is 111 Å². The molecule has 0 fully saturated rings. The Bertz CT molecular complexity index is 548. The molecule has 1 heterocycles. The number of carbonyl (C=O) groups excluding carboxylic acids is 1. The summed E-state index contributed by atoms with van der Waals surface area (Å²) in [6, 6.07) is 6.30. The molecule has 0 aliphatic rings. The average molecular weight is 261 g/mol. The van der Waals surface area contributed by atoms with E-state index in [4.69, 9.17) is 0 Å². The molecule has 0 bridgehead atoms. The standard InChI is InChI=1S/C14H16FN3O/c1-16-14(19)3-2-8-18-10-12(9-17-18)11-4-6-13(15)7-5-11/h4-7,9-10H,2-3,8H2,1H3,(H,16,19). The van der Waals surface area contributed by atoms with Crippen molar-refractivity contribution in [2.24, 2.45) is 0 Å². The molecule has 4 nitrogen and oxygen atoms in total. The lowest BCUT2D eigenvalue weighted by Crippen LogP contribution is -2.17. The van der Waals surface area contributed by atoms with Crippen LogP contribution in [-0.4, -0.2) is 22.7 Å². The molecule has 0 aliphatic heterocycles. The predicted molar refractivity (Wildman–Crippen MR) is 70.9 cm³/mol. The van der Waals surface area contributed by atoms with E-state index in [1.165, 1.54) is 12.1 Å². The Kier molecular flexibility index (Phi) is 4.28. The quantitative estimate of drug-likeness (QED) is 0.897. The van der Waals surface area contributed by atoms with Crippen molar-refractivity contribution in [3.63, 3.8) is 0 Å². The van der Waals surface area contributed by atoms with Crippen LogP contribution in [0.5, 0.6) is 0 Å². The highest BCUT2D eigenvalue weighted by molar-refractivity contribution is 5.75. The Morgan fingerprint density at radius 1 is 1.32 bits per heavy atom. The summed E-state index contributed by atoms with van der Waals surface area (Å²) in [5.74, 6) is -0.215. The van der Waals surface area contributed by atoms with Crippen LogP contribution in [0.1, 0.15) is 12.8 Å². The molecule has 100 valence electrons. The van der Waals surface area contributed by atoms with Crippen molar-refractivity contribution in [3.05, 3.63) is 42.5 Å². The second-order valence-corrected chi connectivity index (χ2v) is 4.28. The Hall–Kier alpha value is -2.17. The monoisotopic (exact) mass is 261 g/mol. The predicted octanol–water partition coefficient (Wildman–Crippen LogP) is 2.22. The average Bonchev–Trinajstić information content (AvgIpc) is 2.88. The van der Waals surface area contributed by atoms with E-state index in [0.29, 0.717) is 13.0 Å². The molecule has 0 saturated carbocycles. The topological polar surface area (TPSA) is 46.9 Å². The maximum Gasteiger partial charge on any atom is 0.219 e. The number of hydrogen-bond donors (Lipinski definition) is 1. The number of halogens is 1. The minimum atomic E-state index is -0.248. The Morgan fingerprint density at radius 3 is 2.74 bits per heavy atom. The molecular formula is C14H16FN3O. The fraction of sp³-hybridized carbons (Fsp3) is 0.286. The molecule has 0 spiro atoms. The third-order valence-corrected chi connectivity index (χ3v) is 2.88. The fourth-order valence-corrected chi connectivity index (χ4v) is 1.80. The van der Waals surface area contributed by atoms with Crippen molar-refractivity contribution in [2.75, 3.05) is 7.05 Å². The summed E-state index contributed by atoms with van der Waals surface area (Å²) < 4.78 is 14.6. The second-order valence-electron chi connectivity index (χ2n) is 4.28. The van der Waals surface area contributed by atoms with Gasteiger partial charge in [0.25, 0.3) is 0 Å². The molecule has 2 aromatic rings. The van der Waals surface area contributed by atoms with Crippen LogP contribution in [0, 0.1) is 5.82 Å². The van der Waals surface area contributed by atoms with Crippen molar-refractivity contribution in [1.82, 2.24) is 15.1 Å². The lowest BCUT2D eigenvalue weighted by Gasteiger charge is -2.01. The summed E-state index contributed by atoms with van der Waals surface area (Å²) >= 11 is 0. The zero-order valence-electron chi connectivity index (χ0n) is 10.8. The number of aromatic nitrogens is 2. The van der Waals surface area contributed by atoms with Gasteiger partial charge in [-0.15, -0.1) is 0 Å². The summed E-state index contributed by atoms with van der Waals surface area (Å²) in [4.78, 5) is 11.1. The highest BCUT2D eigenvalue weighted by atomic mass is 19.1. The molecular weight excluding hydrogens is 245 g/mol. The van der Waals surface area contributed by atoms with Gasteiger partial charge < -0.3 is 5.32 Å². The van der Waals surface area contributed by atoms with Crippen molar-refractivity contribution < 1.29 is 9.18 Å². The van der Waals surface area contributed by atoms with Gasteiger partial charge in [-0.05, 0) is 24.1 Å². The van der Waals surface area contributed by atoms with Gasteiger partial charge in [-0.25, -0.2) is 4.39 Å². The van der Waals surface area contributed by atoms with Gasteiger partial charge in [-0.1, -0.05) is 12.1 Å². The largest absolute Gasteiger partial charge is 0.359 e.